The Morgan fingerprint density at radius 2 is 2.00 bits per heavy atom. The molecular weight excluding hydrogens is 354 g/mol. The molecule has 0 bridgehead atoms. The van der Waals surface area contributed by atoms with Crippen LogP contribution in [0.3, 0.4) is 0 Å². The van der Waals surface area contributed by atoms with Crippen molar-refractivity contribution in [2.75, 3.05) is 43.5 Å². The first-order valence-electron chi connectivity index (χ1n) is 10.2. The zero-order chi connectivity index (χ0) is 19.3. The highest BCUT2D eigenvalue weighted by molar-refractivity contribution is 5.66. The maximum atomic E-state index is 10.3. The minimum Gasteiger partial charge on any atom is -0.508 e. The van der Waals surface area contributed by atoms with Crippen LogP contribution in [0.5, 0.6) is 5.75 Å². The number of phenols is 1. The van der Waals surface area contributed by atoms with Gasteiger partial charge >= 0.3 is 0 Å². The summed E-state index contributed by atoms with van der Waals surface area (Å²) in [5.41, 5.74) is 8.78. The molecule has 2 aliphatic rings. The molecule has 2 fully saturated rings. The van der Waals surface area contributed by atoms with Crippen LogP contribution in [0.4, 0.5) is 11.8 Å². The Hall–Kier alpha value is -2.38. The predicted molar refractivity (Wildman–Crippen MR) is 111 cm³/mol. The van der Waals surface area contributed by atoms with Gasteiger partial charge in [0.15, 0.2) is 0 Å². The van der Waals surface area contributed by atoms with E-state index < -0.39 is 0 Å². The number of nitrogens with zero attached hydrogens (tertiary/aromatic N) is 3. The molecule has 2 aliphatic heterocycles. The number of benzene rings is 1. The molecule has 4 rings (SSSR count). The summed E-state index contributed by atoms with van der Waals surface area (Å²) in [7, 11) is 0. The highest BCUT2D eigenvalue weighted by Crippen LogP contribution is 2.28. The quantitative estimate of drug-likeness (QED) is 0.729. The number of nitrogens with one attached hydrogen (secondary N) is 1. The van der Waals surface area contributed by atoms with Gasteiger partial charge in [0.2, 0.25) is 5.95 Å². The number of piperidine rings is 1. The van der Waals surface area contributed by atoms with Crippen LogP contribution in [0, 0.1) is 0 Å². The van der Waals surface area contributed by atoms with E-state index in [-0.39, 0.29) is 5.75 Å². The standard InChI is InChI=1S/C21H29N5O2/c22-20-14-19(24-21(25-20)26-7-9-28-10-8-26)16-11-15(12-18(27)13-16)4-5-17-3-1-2-6-23-17/h11-14,17,23,27H,1-10H2,(H2,22,24,25). The summed E-state index contributed by atoms with van der Waals surface area (Å²) in [6.07, 6.45) is 5.81. The first-order chi connectivity index (χ1) is 13.7. The normalized spacial score (nSPS) is 20.3. The Labute approximate surface area is 165 Å². The lowest BCUT2D eigenvalue weighted by molar-refractivity contribution is 0.122. The number of nitrogens with two attached hydrogens (primary N) is 1. The molecule has 1 aromatic carbocycles. The van der Waals surface area contributed by atoms with Gasteiger partial charge in [0.25, 0.3) is 0 Å². The average molecular weight is 383 g/mol. The number of anilines is 2. The molecule has 0 radical (unpaired) electrons. The molecule has 0 saturated carbocycles. The van der Waals surface area contributed by atoms with Gasteiger partial charge in [0.1, 0.15) is 11.6 Å². The third-order valence-corrected chi connectivity index (χ3v) is 5.50. The van der Waals surface area contributed by atoms with Gasteiger partial charge in [0.05, 0.1) is 18.9 Å². The van der Waals surface area contributed by atoms with E-state index in [4.69, 9.17) is 15.5 Å². The second-order valence-electron chi connectivity index (χ2n) is 7.65. The molecule has 1 atom stereocenters. The third kappa shape index (κ3) is 4.72. The first-order valence-corrected chi connectivity index (χ1v) is 10.2. The van der Waals surface area contributed by atoms with Gasteiger partial charge in [-0.05, 0) is 56.0 Å². The highest BCUT2D eigenvalue weighted by atomic mass is 16.5. The van der Waals surface area contributed by atoms with Crippen molar-refractivity contribution >= 4 is 11.8 Å². The summed E-state index contributed by atoms with van der Waals surface area (Å²) in [5, 5.41) is 13.8. The van der Waals surface area contributed by atoms with Crippen LogP contribution < -0.4 is 16.0 Å². The van der Waals surface area contributed by atoms with E-state index in [0.29, 0.717) is 31.0 Å². The van der Waals surface area contributed by atoms with Crippen LogP contribution in [-0.4, -0.2) is 54.0 Å². The molecular formula is C21H29N5O2. The van der Waals surface area contributed by atoms with Crippen molar-refractivity contribution in [2.24, 2.45) is 0 Å². The van der Waals surface area contributed by atoms with Crippen molar-refractivity contribution in [1.82, 2.24) is 15.3 Å². The summed E-state index contributed by atoms with van der Waals surface area (Å²) in [5.74, 6) is 1.31. The molecule has 4 N–H and O–H groups in total. The number of hydrogen-bond acceptors (Lipinski definition) is 7. The van der Waals surface area contributed by atoms with Crippen LogP contribution in [0.2, 0.25) is 0 Å². The molecule has 7 nitrogen and oxygen atoms in total. The summed E-state index contributed by atoms with van der Waals surface area (Å²) in [6.45, 7) is 3.95. The van der Waals surface area contributed by atoms with Gasteiger partial charge < -0.3 is 25.8 Å². The van der Waals surface area contributed by atoms with Crippen molar-refractivity contribution in [3.05, 3.63) is 29.8 Å². The molecule has 150 valence electrons. The van der Waals surface area contributed by atoms with Crippen LogP contribution in [0.15, 0.2) is 24.3 Å². The number of ether oxygens (including phenoxy) is 1. The number of aromatic hydroxyl groups is 1. The fourth-order valence-electron chi connectivity index (χ4n) is 3.98. The molecule has 1 aromatic heterocycles. The summed E-state index contributed by atoms with van der Waals surface area (Å²) < 4.78 is 5.41. The Morgan fingerprint density at radius 1 is 1.14 bits per heavy atom. The van der Waals surface area contributed by atoms with E-state index in [2.05, 4.69) is 21.3 Å². The number of phenolic OH excluding ortho intramolecular Hbond substituents is 1. The minimum absolute atomic E-state index is 0.259. The highest BCUT2D eigenvalue weighted by Gasteiger charge is 2.17. The van der Waals surface area contributed by atoms with Crippen LogP contribution in [-0.2, 0) is 11.2 Å². The van der Waals surface area contributed by atoms with Gasteiger partial charge in [0, 0.05) is 30.8 Å². The number of rotatable bonds is 5. The zero-order valence-electron chi connectivity index (χ0n) is 16.2. The predicted octanol–water partition coefficient (Wildman–Crippen LogP) is 2.34. The number of aromatic nitrogens is 2. The molecule has 2 saturated heterocycles. The summed E-state index contributed by atoms with van der Waals surface area (Å²) in [6, 6.07) is 8.04. The van der Waals surface area contributed by atoms with Gasteiger partial charge in [-0.2, -0.15) is 4.98 Å². The molecule has 28 heavy (non-hydrogen) atoms. The van der Waals surface area contributed by atoms with Gasteiger partial charge in [-0.25, -0.2) is 4.98 Å². The Bertz CT molecular complexity index is 801. The number of nitrogen functional groups attached to an aromatic ring is 1. The minimum atomic E-state index is 0.259. The van der Waals surface area contributed by atoms with Crippen LogP contribution >= 0.6 is 0 Å². The number of morpholine rings is 1. The van der Waals surface area contributed by atoms with E-state index >= 15 is 0 Å². The summed E-state index contributed by atoms with van der Waals surface area (Å²) >= 11 is 0. The van der Waals surface area contributed by atoms with Crippen molar-refractivity contribution in [2.45, 2.75) is 38.1 Å². The van der Waals surface area contributed by atoms with Crippen LogP contribution in [0.1, 0.15) is 31.2 Å². The van der Waals surface area contributed by atoms with Crippen molar-refractivity contribution in [3.8, 4) is 17.0 Å². The fraction of sp³-hybridized carbons (Fsp3) is 0.524. The monoisotopic (exact) mass is 383 g/mol. The smallest absolute Gasteiger partial charge is 0.228 e. The van der Waals surface area contributed by atoms with E-state index in [1.807, 2.05) is 6.07 Å². The van der Waals surface area contributed by atoms with Gasteiger partial charge in [-0.1, -0.05) is 6.42 Å². The Kier molecular flexibility index (Phi) is 5.92. The first kappa shape index (κ1) is 19.0. The van der Waals surface area contributed by atoms with Crippen LogP contribution in [0.25, 0.3) is 11.3 Å². The molecule has 0 spiro atoms. The lowest BCUT2D eigenvalue weighted by Gasteiger charge is -2.27. The molecule has 7 heteroatoms. The second kappa shape index (κ2) is 8.75. The molecule has 3 heterocycles. The van der Waals surface area contributed by atoms with Crippen molar-refractivity contribution in [3.63, 3.8) is 0 Å². The lowest BCUT2D eigenvalue weighted by atomic mass is 9.96. The molecule has 0 aliphatic carbocycles. The number of hydrogen-bond donors (Lipinski definition) is 3. The average Bonchev–Trinajstić information content (AvgIpc) is 2.73. The zero-order valence-corrected chi connectivity index (χ0v) is 16.2. The molecule has 1 unspecified atom stereocenters. The SMILES string of the molecule is Nc1cc(-c2cc(O)cc(CCC3CCCCN3)c2)nc(N2CCOCC2)n1. The summed E-state index contributed by atoms with van der Waals surface area (Å²) in [4.78, 5) is 11.2. The Morgan fingerprint density at radius 3 is 2.79 bits per heavy atom. The molecule has 2 aromatic rings. The number of aryl methyl sites for hydroxylation is 1. The van der Waals surface area contributed by atoms with Gasteiger partial charge in [-0.3, -0.25) is 0 Å². The Balaban J connectivity index is 1.54. The third-order valence-electron chi connectivity index (χ3n) is 5.50. The van der Waals surface area contributed by atoms with Crippen molar-refractivity contribution in [1.29, 1.82) is 0 Å². The second-order valence-corrected chi connectivity index (χ2v) is 7.65. The lowest BCUT2D eigenvalue weighted by Crippen LogP contribution is -2.37. The fourth-order valence-corrected chi connectivity index (χ4v) is 3.98. The maximum Gasteiger partial charge on any atom is 0.228 e. The largest absolute Gasteiger partial charge is 0.508 e. The van der Waals surface area contributed by atoms with Gasteiger partial charge in [-0.15, -0.1) is 0 Å². The van der Waals surface area contributed by atoms with E-state index in [1.54, 1.807) is 12.1 Å². The molecule has 0 amide bonds. The van der Waals surface area contributed by atoms with E-state index in [9.17, 15) is 5.11 Å². The van der Waals surface area contributed by atoms with E-state index in [1.165, 1.54) is 19.3 Å². The maximum absolute atomic E-state index is 10.3. The topological polar surface area (TPSA) is 96.5 Å². The van der Waals surface area contributed by atoms with Crippen molar-refractivity contribution < 1.29 is 9.84 Å². The van der Waals surface area contributed by atoms with E-state index in [0.717, 1.165) is 49.3 Å².